The molecule has 1 aliphatic rings. The number of fused-ring (bicyclic) bond motifs is 2. The quantitative estimate of drug-likeness (QED) is 0.580. The van der Waals surface area contributed by atoms with Gasteiger partial charge in [-0.05, 0) is 30.0 Å². The van der Waals surface area contributed by atoms with Crippen LogP contribution in [-0.4, -0.2) is 9.91 Å². The SMILES string of the molecule is O=[N+]([O-])c1cc2ccccc2nc1NC1CCc2ccccc21. The van der Waals surface area contributed by atoms with Crippen molar-refractivity contribution in [1.82, 2.24) is 4.98 Å². The van der Waals surface area contributed by atoms with E-state index in [4.69, 9.17) is 0 Å². The molecule has 23 heavy (non-hydrogen) atoms. The van der Waals surface area contributed by atoms with Gasteiger partial charge in [-0.2, -0.15) is 0 Å². The molecule has 0 bridgehead atoms. The van der Waals surface area contributed by atoms with Crippen molar-refractivity contribution in [3.63, 3.8) is 0 Å². The van der Waals surface area contributed by atoms with Gasteiger partial charge in [0.2, 0.25) is 5.82 Å². The largest absolute Gasteiger partial charge is 0.357 e. The summed E-state index contributed by atoms with van der Waals surface area (Å²) in [6.45, 7) is 0. The number of hydrogen-bond donors (Lipinski definition) is 1. The molecule has 2 aromatic carbocycles. The summed E-state index contributed by atoms with van der Waals surface area (Å²) >= 11 is 0. The zero-order chi connectivity index (χ0) is 15.8. The van der Waals surface area contributed by atoms with Gasteiger partial charge in [-0.3, -0.25) is 10.1 Å². The summed E-state index contributed by atoms with van der Waals surface area (Å²) in [5, 5.41) is 15.5. The van der Waals surface area contributed by atoms with Crippen molar-refractivity contribution >= 4 is 22.4 Å². The number of nitrogens with zero attached hydrogens (tertiary/aromatic N) is 2. The molecule has 1 N–H and O–H groups in total. The third kappa shape index (κ3) is 2.40. The number of nitro groups is 1. The number of aryl methyl sites for hydroxylation is 1. The minimum atomic E-state index is -0.372. The molecule has 0 radical (unpaired) electrons. The standard InChI is InChI=1S/C18H15N3O2/c22-21(23)17-11-13-6-2-4-8-15(13)19-18(17)20-16-10-9-12-5-1-3-7-14(12)16/h1-8,11,16H,9-10H2,(H,19,20). The highest BCUT2D eigenvalue weighted by Gasteiger charge is 2.25. The molecule has 1 aromatic heterocycles. The Balaban J connectivity index is 1.77. The first-order chi connectivity index (χ1) is 11.2. The zero-order valence-corrected chi connectivity index (χ0v) is 12.4. The van der Waals surface area contributed by atoms with E-state index >= 15 is 0 Å². The molecule has 0 spiro atoms. The molecule has 1 atom stereocenters. The lowest BCUT2D eigenvalue weighted by Crippen LogP contribution is -2.10. The Kier molecular flexibility index (Phi) is 3.19. The van der Waals surface area contributed by atoms with Crippen LogP contribution in [0.1, 0.15) is 23.6 Å². The molecule has 4 rings (SSSR count). The van der Waals surface area contributed by atoms with Gasteiger partial charge in [0.05, 0.1) is 16.5 Å². The molecule has 0 saturated heterocycles. The molecule has 0 fully saturated rings. The molecular formula is C18H15N3O2. The third-order valence-corrected chi connectivity index (χ3v) is 4.34. The highest BCUT2D eigenvalue weighted by molar-refractivity contribution is 5.84. The predicted octanol–water partition coefficient (Wildman–Crippen LogP) is 4.24. The van der Waals surface area contributed by atoms with Crippen LogP contribution in [0.4, 0.5) is 11.5 Å². The topological polar surface area (TPSA) is 68.1 Å². The molecule has 0 aliphatic heterocycles. The van der Waals surface area contributed by atoms with Gasteiger partial charge in [0.15, 0.2) is 0 Å². The summed E-state index contributed by atoms with van der Waals surface area (Å²) in [6, 6.07) is 17.3. The van der Waals surface area contributed by atoms with Crippen LogP contribution in [0.3, 0.4) is 0 Å². The van der Waals surface area contributed by atoms with Crippen LogP contribution in [0.25, 0.3) is 10.9 Å². The molecule has 5 heteroatoms. The van der Waals surface area contributed by atoms with Gasteiger partial charge in [0.1, 0.15) is 0 Å². The fourth-order valence-corrected chi connectivity index (χ4v) is 3.22. The summed E-state index contributed by atoms with van der Waals surface area (Å²) in [4.78, 5) is 15.5. The van der Waals surface area contributed by atoms with Crippen molar-refractivity contribution in [3.8, 4) is 0 Å². The van der Waals surface area contributed by atoms with Crippen molar-refractivity contribution in [1.29, 1.82) is 0 Å². The van der Waals surface area contributed by atoms with Crippen LogP contribution >= 0.6 is 0 Å². The Morgan fingerprint density at radius 3 is 2.78 bits per heavy atom. The van der Waals surface area contributed by atoms with Gasteiger partial charge in [-0.1, -0.05) is 42.5 Å². The smallest absolute Gasteiger partial charge is 0.312 e. The summed E-state index contributed by atoms with van der Waals surface area (Å²) in [7, 11) is 0. The van der Waals surface area contributed by atoms with Crippen LogP contribution < -0.4 is 5.32 Å². The summed E-state index contributed by atoms with van der Waals surface area (Å²) in [6.07, 6.45) is 1.90. The van der Waals surface area contributed by atoms with Crippen LogP contribution in [0.2, 0.25) is 0 Å². The maximum atomic E-state index is 11.4. The molecule has 114 valence electrons. The number of rotatable bonds is 3. The van der Waals surface area contributed by atoms with Crippen LogP contribution in [0, 0.1) is 10.1 Å². The monoisotopic (exact) mass is 305 g/mol. The minimum absolute atomic E-state index is 0.0214. The van der Waals surface area contributed by atoms with E-state index in [0.717, 1.165) is 23.7 Å². The van der Waals surface area contributed by atoms with Crippen molar-refractivity contribution < 1.29 is 4.92 Å². The number of hydrogen-bond acceptors (Lipinski definition) is 4. The zero-order valence-electron chi connectivity index (χ0n) is 12.4. The van der Waals surface area contributed by atoms with Gasteiger partial charge in [0.25, 0.3) is 0 Å². The number of benzene rings is 2. The Hall–Kier alpha value is -2.95. The van der Waals surface area contributed by atoms with Crippen LogP contribution in [0.5, 0.6) is 0 Å². The lowest BCUT2D eigenvalue weighted by atomic mass is 10.1. The highest BCUT2D eigenvalue weighted by Crippen LogP contribution is 2.36. The van der Waals surface area contributed by atoms with E-state index in [2.05, 4.69) is 22.4 Å². The van der Waals surface area contributed by atoms with Gasteiger partial charge >= 0.3 is 5.69 Å². The normalized spacial score (nSPS) is 16.3. The lowest BCUT2D eigenvalue weighted by Gasteiger charge is -2.15. The van der Waals surface area contributed by atoms with E-state index in [0.29, 0.717) is 5.82 Å². The molecule has 5 nitrogen and oxygen atoms in total. The first-order valence-electron chi connectivity index (χ1n) is 7.61. The minimum Gasteiger partial charge on any atom is -0.357 e. The second-order valence-electron chi connectivity index (χ2n) is 5.74. The van der Waals surface area contributed by atoms with Gasteiger partial charge in [-0.25, -0.2) is 4.98 Å². The van der Waals surface area contributed by atoms with E-state index in [1.165, 1.54) is 11.1 Å². The Morgan fingerprint density at radius 1 is 1.13 bits per heavy atom. The summed E-state index contributed by atoms with van der Waals surface area (Å²) in [5.41, 5.74) is 3.28. The number of aromatic nitrogens is 1. The number of nitrogens with one attached hydrogen (secondary N) is 1. The van der Waals surface area contributed by atoms with Crippen LogP contribution in [0.15, 0.2) is 54.6 Å². The van der Waals surface area contributed by atoms with Crippen molar-refractivity contribution in [3.05, 3.63) is 75.8 Å². The van der Waals surface area contributed by atoms with E-state index < -0.39 is 0 Å². The molecular weight excluding hydrogens is 290 g/mol. The maximum absolute atomic E-state index is 11.4. The first-order valence-corrected chi connectivity index (χ1v) is 7.61. The van der Waals surface area contributed by atoms with Gasteiger partial charge in [-0.15, -0.1) is 0 Å². The van der Waals surface area contributed by atoms with Crippen molar-refractivity contribution in [2.75, 3.05) is 5.32 Å². The molecule has 1 unspecified atom stereocenters. The Morgan fingerprint density at radius 2 is 1.91 bits per heavy atom. The Bertz CT molecular complexity index is 908. The molecule has 0 saturated carbocycles. The van der Waals surface area contributed by atoms with Crippen molar-refractivity contribution in [2.24, 2.45) is 0 Å². The van der Waals surface area contributed by atoms with E-state index in [-0.39, 0.29) is 16.7 Å². The van der Waals surface area contributed by atoms with E-state index in [1.807, 2.05) is 36.4 Å². The molecule has 1 heterocycles. The van der Waals surface area contributed by atoms with E-state index in [9.17, 15) is 10.1 Å². The fourth-order valence-electron chi connectivity index (χ4n) is 3.22. The van der Waals surface area contributed by atoms with Crippen LogP contribution in [-0.2, 0) is 6.42 Å². The van der Waals surface area contributed by atoms with E-state index in [1.54, 1.807) is 6.07 Å². The summed E-state index contributed by atoms with van der Waals surface area (Å²) < 4.78 is 0. The third-order valence-electron chi connectivity index (χ3n) is 4.34. The number of pyridine rings is 1. The molecule has 1 aliphatic carbocycles. The average molecular weight is 305 g/mol. The van der Waals surface area contributed by atoms with Gasteiger partial charge in [0, 0.05) is 11.5 Å². The first kappa shape index (κ1) is 13.7. The average Bonchev–Trinajstić information content (AvgIpc) is 2.97. The predicted molar refractivity (Wildman–Crippen MR) is 89.5 cm³/mol. The molecule has 3 aromatic rings. The second-order valence-corrected chi connectivity index (χ2v) is 5.74. The number of anilines is 1. The second kappa shape index (κ2) is 5.35. The van der Waals surface area contributed by atoms with Gasteiger partial charge < -0.3 is 5.32 Å². The lowest BCUT2D eigenvalue weighted by molar-refractivity contribution is -0.384. The number of para-hydroxylation sites is 1. The highest BCUT2D eigenvalue weighted by atomic mass is 16.6. The Labute approximate surface area is 133 Å². The molecule has 0 amide bonds. The summed E-state index contributed by atoms with van der Waals surface area (Å²) in [5.74, 6) is 0.343. The van der Waals surface area contributed by atoms with Crippen molar-refractivity contribution in [2.45, 2.75) is 18.9 Å². The maximum Gasteiger partial charge on any atom is 0.312 e. The fraction of sp³-hybridized carbons (Fsp3) is 0.167.